The van der Waals surface area contributed by atoms with Crippen LogP contribution in [0.2, 0.25) is 5.28 Å². The van der Waals surface area contributed by atoms with Crippen LogP contribution in [0.1, 0.15) is 5.56 Å². The molecule has 0 amide bonds. The molecule has 0 unspecified atom stereocenters. The molecule has 1 aromatic heterocycles. The lowest BCUT2D eigenvalue weighted by molar-refractivity contribution is 0.628. The van der Waals surface area contributed by atoms with E-state index >= 15 is 0 Å². The molecule has 0 aliphatic carbocycles. The first kappa shape index (κ1) is 12.5. The van der Waals surface area contributed by atoms with Gasteiger partial charge >= 0.3 is 0 Å². The highest BCUT2D eigenvalue weighted by atomic mass is 79.9. The molecule has 0 fully saturated rings. The minimum absolute atomic E-state index is 0.0378. The van der Waals surface area contributed by atoms with Crippen molar-refractivity contribution in [3.8, 4) is 0 Å². The van der Waals surface area contributed by atoms with Crippen molar-refractivity contribution in [2.75, 3.05) is 19.0 Å². The minimum atomic E-state index is -0.410. The van der Waals surface area contributed by atoms with Gasteiger partial charge in [0.1, 0.15) is 11.3 Å². The van der Waals surface area contributed by atoms with Crippen molar-refractivity contribution in [3.63, 3.8) is 0 Å². The fourth-order valence-corrected chi connectivity index (χ4v) is 2.10. The van der Waals surface area contributed by atoms with E-state index in [9.17, 15) is 4.39 Å². The van der Waals surface area contributed by atoms with Crippen molar-refractivity contribution < 1.29 is 4.39 Å². The van der Waals surface area contributed by atoms with E-state index in [1.54, 1.807) is 4.90 Å². The fraction of sp³-hybridized carbons (Fsp3) is 0.273. The van der Waals surface area contributed by atoms with Gasteiger partial charge in [-0.3, -0.25) is 0 Å². The molecular weight excluding hydrogens is 308 g/mol. The summed E-state index contributed by atoms with van der Waals surface area (Å²) in [5.74, 6) is 0.196. The van der Waals surface area contributed by atoms with Gasteiger partial charge in [0, 0.05) is 19.5 Å². The Morgan fingerprint density at radius 2 is 2.00 bits per heavy atom. The summed E-state index contributed by atoms with van der Waals surface area (Å²) < 4.78 is 14.5. The summed E-state index contributed by atoms with van der Waals surface area (Å²) in [7, 11) is 3.65. The lowest BCUT2D eigenvalue weighted by Crippen LogP contribution is -2.12. The Bertz CT molecular complexity index is 601. The average Bonchev–Trinajstić information content (AvgIpc) is 2.26. The molecule has 0 saturated heterocycles. The van der Waals surface area contributed by atoms with Gasteiger partial charge in [0.15, 0.2) is 5.82 Å². The standard InChI is InChI=1S/C11H10BrClFN3/c1-5-4-6-9(8(14)7(5)12)15-11(13)16-10(6)17(2)3/h4H,1-3H3. The predicted molar refractivity (Wildman–Crippen MR) is 71.3 cm³/mol. The fourth-order valence-electron chi connectivity index (χ4n) is 1.63. The summed E-state index contributed by atoms with van der Waals surface area (Å²) in [5.41, 5.74) is 1.02. The largest absolute Gasteiger partial charge is 0.362 e. The smallest absolute Gasteiger partial charge is 0.225 e. The Morgan fingerprint density at radius 1 is 1.35 bits per heavy atom. The van der Waals surface area contributed by atoms with E-state index in [0.717, 1.165) is 5.56 Å². The van der Waals surface area contributed by atoms with Gasteiger partial charge in [0.2, 0.25) is 5.28 Å². The predicted octanol–water partition coefficient (Wildman–Crippen LogP) is 3.56. The molecule has 2 rings (SSSR count). The molecule has 0 N–H and O–H groups in total. The molecule has 0 aliphatic rings. The van der Waals surface area contributed by atoms with Gasteiger partial charge in [-0.25, -0.2) is 9.37 Å². The number of hydrogen-bond donors (Lipinski definition) is 0. The van der Waals surface area contributed by atoms with Gasteiger partial charge in [0.05, 0.1) is 4.47 Å². The maximum Gasteiger partial charge on any atom is 0.225 e. The van der Waals surface area contributed by atoms with Crippen molar-refractivity contribution >= 4 is 44.3 Å². The minimum Gasteiger partial charge on any atom is -0.362 e. The number of aryl methyl sites for hydroxylation is 1. The van der Waals surface area contributed by atoms with Gasteiger partial charge < -0.3 is 4.90 Å². The molecule has 0 radical (unpaired) electrons. The van der Waals surface area contributed by atoms with Crippen LogP contribution in [0.4, 0.5) is 10.2 Å². The third-order valence-corrected chi connectivity index (χ3v) is 3.57. The Morgan fingerprint density at radius 3 is 2.59 bits per heavy atom. The monoisotopic (exact) mass is 317 g/mol. The Hall–Kier alpha value is -0.940. The molecule has 90 valence electrons. The summed E-state index contributed by atoms with van der Waals surface area (Å²) in [6.07, 6.45) is 0. The Labute approximate surface area is 112 Å². The highest BCUT2D eigenvalue weighted by molar-refractivity contribution is 9.10. The zero-order valence-corrected chi connectivity index (χ0v) is 11.9. The zero-order valence-electron chi connectivity index (χ0n) is 9.55. The second-order valence-electron chi connectivity index (χ2n) is 3.93. The van der Waals surface area contributed by atoms with Crippen LogP contribution in [0.15, 0.2) is 10.5 Å². The van der Waals surface area contributed by atoms with E-state index in [0.29, 0.717) is 15.7 Å². The van der Waals surface area contributed by atoms with Crippen molar-refractivity contribution in [1.29, 1.82) is 0 Å². The first-order chi connectivity index (χ1) is 7.91. The first-order valence-electron chi connectivity index (χ1n) is 4.91. The van der Waals surface area contributed by atoms with Crippen LogP contribution in [-0.2, 0) is 0 Å². The lowest BCUT2D eigenvalue weighted by atomic mass is 10.1. The molecule has 17 heavy (non-hydrogen) atoms. The third-order valence-electron chi connectivity index (χ3n) is 2.43. The third kappa shape index (κ3) is 2.09. The molecule has 0 bridgehead atoms. The van der Waals surface area contributed by atoms with Gasteiger partial charge in [-0.2, -0.15) is 4.98 Å². The maximum atomic E-state index is 14.1. The highest BCUT2D eigenvalue weighted by Gasteiger charge is 2.16. The summed E-state index contributed by atoms with van der Waals surface area (Å²) in [6, 6.07) is 1.84. The van der Waals surface area contributed by atoms with E-state index in [2.05, 4.69) is 25.9 Å². The van der Waals surface area contributed by atoms with Crippen LogP contribution >= 0.6 is 27.5 Å². The van der Waals surface area contributed by atoms with Crippen molar-refractivity contribution in [2.24, 2.45) is 0 Å². The zero-order chi connectivity index (χ0) is 12.7. The van der Waals surface area contributed by atoms with Crippen LogP contribution in [0.3, 0.4) is 0 Å². The first-order valence-corrected chi connectivity index (χ1v) is 6.08. The van der Waals surface area contributed by atoms with E-state index in [-0.39, 0.29) is 10.8 Å². The van der Waals surface area contributed by atoms with E-state index in [1.807, 2.05) is 27.1 Å². The van der Waals surface area contributed by atoms with Crippen LogP contribution < -0.4 is 4.90 Å². The van der Waals surface area contributed by atoms with Gasteiger partial charge in [0.25, 0.3) is 0 Å². The van der Waals surface area contributed by atoms with E-state index in [4.69, 9.17) is 11.6 Å². The molecular formula is C11H10BrClFN3. The molecule has 1 heterocycles. The molecule has 2 aromatic rings. The van der Waals surface area contributed by atoms with E-state index in [1.165, 1.54) is 0 Å². The van der Waals surface area contributed by atoms with Crippen LogP contribution in [0.5, 0.6) is 0 Å². The van der Waals surface area contributed by atoms with Gasteiger partial charge in [-0.1, -0.05) is 0 Å². The second-order valence-corrected chi connectivity index (χ2v) is 5.06. The SMILES string of the molecule is Cc1cc2c(N(C)C)nc(Cl)nc2c(F)c1Br. The van der Waals surface area contributed by atoms with Gasteiger partial charge in [-0.05, 0) is 46.1 Å². The molecule has 0 spiro atoms. The normalized spacial score (nSPS) is 10.9. The number of halogens is 3. The average molecular weight is 319 g/mol. The topological polar surface area (TPSA) is 29.0 Å². The molecule has 0 atom stereocenters. The number of benzene rings is 1. The summed E-state index contributed by atoms with van der Waals surface area (Å²) >= 11 is 9.00. The number of fused-ring (bicyclic) bond motifs is 1. The summed E-state index contributed by atoms with van der Waals surface area (Å²) in [5, 5.41) is 0.688. The van der Waals surface area contributed by atoms with Crippen molar-refractivity contribution in [3.05, 3.63) is 27.2 Å². The molecule has 0 saturated carbocycles. The summed E-state index contributed by atoms with van der Waals surface area (Å²) in [4.78, 5) is 9.83. The number of nitrogens with zero attached hydrogens (tertiary/aromatic N) is 3. The van der Waals surface area contributed by atoms with Crippen LogP contribution in [0.25, 0.3) is 10.9 Å². The number of aromatic nitrogens is 2. The number of anilines is 1. The second kappa shape index (κ2) is 4.38. The van der Waals surface area contributed by atoms with Gasteiger partial charge in [-0.15, -0.1) is 0 Å². The number of hydrogen-bond acceptors (Lipinski definition) is 3. The summed E-state index contributed by atoms with van der Waals surface area (Å²) in [6.45, 7) is 1.82. The van der Waals surface area contributed by atoms with Crippen LogP contribution in [-0.4, -0.2) is 24.1 Å². The van der Waals surface area contributed by atoms with Crippen molar-refractivity contribution in [1.82, 2.24) is 9.97 Å². The van der Waals surface area contributed by atoms with E-state index < -0.39 is 5.82 Å². The number of rotatable bonds is 1. The van der Waals surface area contributed by atoms with Crippen molar-refractivity contribution in [2.45, 2.75) is 6.92 Å². The lowest BCUT2D eigenvalue weighted by Gasteiger charge is -2.15. The maximum absolute atomic E-state index is 14.1. The highest BCUT2D eigenvalue weighted by Crippen LogP contribution is 2.32. The molecule has 0 aliphatic heterocycles. The molecule has 3 nitrogen and oxygen atoms in total. The Kier molecular flexibility index (Phi) is 3.23. The Balaban J connectivity index is 2.94. The quantitative estimate of drug-likeness (QED) is 0.753. The van der Waals surface area contributed by atoms with Crippen LogP contribution in [0, 0.1) is 12.7 Å². The molecule has 6 heteroatoms. The molecule has 1 aromatic carbocycles.